The van der Waals surface area contributed by atoms with Crippen LogP contribution in [0.25, 0.3) is 0 Å². The minimum absolute atomic E-state index is 0.137. The van der Waals surface area contributed by atoms with E-state index in [0.717, 1.165) is 12.0 Å². The maximum absolute atomic E-state index is 12.2. The molecular weight excluding hydrogens is 282 g/mol. The quantitative estimate of drug-likeness (QED) is 0.760. The Bertz CT molecular complexity index is 774. The van der Waals surface area contributed by atoms with Gasteiger partial charge in [-0.15, -0.1) is 0 Å². The Morgan fingerprint density at radius 3 is 2.86 bits per heavy atom. The fraction of sp³-hybridized carbons (Fsp3) is 0.200. The van der Waals surface area contributed by atoms with E-state index in [-0.39, 0.29) is 11.4 Å². The van der Waals surface area contributed by atoms with Crippen LogP contribution in [-0.2, 0) is 22.6 Å². The summed E-state index contributed by atoms with van der Waals surface area (Å²) in [6.45, 7) is 0.911. The lowest BCUT2D eigenvalue weighted by Crippen LogP contribution is -2.42. The van der Waals surface area contributed by atoms with Gasteiger partial charge in [0, 0.05) is 13.1 Å². The molecule has 7 heteroatoms. The number of carbonyl (C=O) groups excluding carboxylic acids is 2. The second-order valence-electron chi connectivity index (χ2n) is 4.97. The fourth-order valence-electron chi connectivity index (χ4n) is 2.45. The average Bonchev–Trinajstić information content (AvgIpc) is 3.00. The van der Waals surface area contributed by atoms with Crippen molar-refractivity contribution >= 4 is 17.6 Å². The topological polar surface area (TPSA) is 102 Å². The molecule has 0 atom stereocenters. The normalized spacial score (nSPS) is 13.1. The van der Waals surface area contributed by atoms with Crippen LogP contribution in [0, 0.1) is 11.3 Å². The van der Waals surface area contributed by atoms with Crippen molar-refractivity contribution in [3.05, 3.63) is 47.2 Å². The molecule has 1 aliphatic rings. The Kier molecular flexibility index (Phi) is 3.58. The lowest BCUT2D eigenvalue weighted by Gasteiger charge is -2.28. The standard InChI is InChI=1S/C15H13N5O2/c16-7-12-8-17-19-13(12)18-14(21)15(22)20-6-5-10-3-1-2-4-11(10)9-20/h1-4,8H,5-6,9H2,(H2,17,18,19,21). The summed E-state index contributed by atoms with van der Waals surface area (Å²) in [6, 6.07) is 9.74. The van der Waals surface area contributed by atoms with E-state index in [9.17, 15) is 9.59 Å². The molecule has 0 radical (unpaired) electrons. The number of nitriles is 1. The summed E-state index contributed by atoms with van der Waals surface area (Å²) in [6.07, 6.45) is 2.01. The molecule has 0 unspecified atom stereocenters. The predicted molar refractivity (Wildman–Crippen MR) is 77.5 cm³/mol. The molecule has 110 valence electrons. The van der Waals surface area contributed by atoms with Crippen LogP contribution in [0.15, 0.2) is 30.5 Å². The Balaban J connectivity index is 1.70. The monoisotopic (exact) mass is 295 g/mol. The van der Waals surface area contributed by atoms with E-state index in [1.165, 1.54) is 16.7 Å². The lowest BCUT2D eigenvalue weighted by atomic mass is 10.00. The molecule has 2 aromatic rings. The molecule has 1 aliphatic heterocycles. The van der Waals surface area contributed by atoms with E-state index in [0.29, 0.717) is 13.1 Å². The van der Waals surface area contributed by atoms with Crippen LogP contribution < -0.4 is 5.32 Å². The van der Waals surface area contributed by atoms with Gasteiger partial charge in [-0.25, -0.2) is 0 Å². The summed E-state index contributed by atoms with van der Waals surface area (Å²) in [4.78, 5) is 25.8. The maximum Gasteiger partial charge on any atom is 0.315 e. The number of hydrogen-bond donors (Lipinski definition) is 2. The first-order valence-corrected chi connectivity index (χ1v) is 6.79. The Hall–Kier alpha value is -3.14. The molecule has 1 aromatic carbocycles. The molecule has 2 amide bonds. The molecule has 7 nitrogen and oxygen atoms in total. The molecule has 1 aromatic heterocycles. The number of H-pyrrole nitrogens is 1. The summed E-state index contributed by atoms with van der Waals surface area (Å²) in [7, 11) is 0. The third-order valence-corrected chi connectivity index (χ3v) is 3.61. The maximum atomic E-state index is 12.2. The van der Waals surface area contributed by atoms with Crippen molar-refractivity contribution < 1.29 is 9.59 Å². The van der Waals surface area contributed by atoms with Crippen LogP contribution in [0.4, 0.5) is 5.82 Å². The lowest BCUT2D eigenvalue weighted by molar-refractivity contribution is -0.143. The van der Waals surface area contributed by atoms with E-state index in [2.05, 4.69) is 15.5 Å². The summed E-state index contributed by atoms with van der Waals surface area (Å²) in [5, 5.41) is 17.4. The number of amides is 2. The first-order valence-electron chi connectivity index (χ1n) is 6.79. The zero-order valence-corrected chi connectivity index (χ0v) is 11.7. The van der Waals surface area contributed by atoms with Crippen LogP contribution in [-0.4, -0.2) is 33.5 Å². The number of fused-ring (bicyclic) bond motifs is 1. The number of nitrogens with one attached hydrogen (secondary N) is 2. The van der Waals surface area contributed by atoms with Gasteiger partial charge in [-0.2, -0.15) is 10.4 Å². The SMILES string of the molecule is N#Cc1cn[nH]c1NC(=O)C(=O)N1CCc2ccccc2C1. The van der Waals surface area contributed by atoms with Crippen molar-refractivity contribution in [2.45, 2.75) is 13.0 Å². The van der Waals surface area contributed by atoms with E-state index in [1.807, 2.05) is 30.3 Å². The molecule has 22 heavy (non-hydrogen) atoms. The first kappa shape index (κ1) is 13.8. The fourth-order valence-corrected chi connectivity index (χ4v) is 2.45. The van der Waals surface area contributed by atoms with Gasteiger partial charge in [0.25, 0.3) is 0 Å². The molecule has 0 fully saturated rings. The van der Waals surface area contributed by atoms with Gasteiger partial charge in [-0.05, 0) is 17.5 Å². The van der Waals surface area contributed by atoms with Crippen LogP contribution in [0.2, 0.25) is 0 Å². The van der Waals surface area contributed by atoms with Crippen LogP contribution in [0.3, 0.4) is 0 Å². The van der Waals surface area contributed by atoms with E-state index in [4.69, 9.17) is 5.26 Å². The number of benzene rings is 1. The van der Waals surface area contributed by atoms with Gasteiger partial charge in [-0.1, -0.05) is 24.3 Å². The number of anilines is 1. The highest BCUT2D eigenvalue weighted by Gasteiger charge is 2.26. The Labute approximate surface area is 126 Å². The number of hydrogen-bond acceptors (Lipinski definition) is 4. The number of nitrogens with zero attached hydrogens (tertiary/aromatic N) is 3. The van der Waals surface area contributed by atoms with Gasteiger partial charge >= 0.3 is 11.8 Å². The van der Waals surface area contributed by atoms with Crippen LogP contribution in [0.1, 0.15) is 16.7 Å². The molecule has 2 heterocycles. The van der Waals surface area contributed by atoms with Crippen molar-refractivity contribution in [3.63, 3.8) is 0 Å². The smallest absolute Gasteiger partial charge is 0.315 e. The zero-order valence-electron chi connectivity index (χ0n) is 11.7. The van der Waals surface area contributed by atoms with Gasteiger partial charge in [0.1, 0.15) is 17.5 Å². The Morgan fingerprint density at radius 1 is 1.32 bits per heavy atom. The van der Waals surface area contributed by atoms with Crippen molar-refractivity contribution in [1.29, 1.82) is 5.26 Å². The van der Waals surface area contributed by atoms with E-state index >= 15 is 0 Å². The number of aromatic amines is 1. The van der Waals surface area contributed by atoms with Crippen LogP contribution >= 0.6 is 0 Å². The number of rotatable bonds is 1. The minimum atomic E-state index is -0.778. The summed E-state index contributed by atoms with van der Waals surface area (Å²) < 4.78 is 0. The third kappa shape index (κ3) is 2.54. The largest absolute Gasteiger partial charge is 0.330 e. The minimum Gasteiger partial charge on any atom is -0.330 e. The molecule has 3 rings (SSSR count). The number of carbonyl (C=O) groups is 2. The second-order valence-corrected chi connectivity index (χ2v) is 4.97. The first-order chi connectivity index (χ1) is 10.7. The van der Waals surface area contributed by atoms with Gasteiger partial charge in [-0.3, -0.25) is 14.7 Å². The third-order valence-electron chi connectivity index (χ3n) is 3.61. The molecule has 0 spiro atoms. The van der Waals surface area contributed by atoms with Crippen molar-refractivity contribution in [2.24, 2.45) is 0 Å². The van der Waals surface area contributed by atoms with Gasteiger partial charge in [0.2, 0.25) is 0 Å². The van der Waals surface area contributed by atoms with Gasteiger partial charge in [0.15, 0.2) is 0 Å². The molecule has 0 saturated carbocycles. The zero-order chi connectivity index (χ0) is 15.5. The Morgan fingerprint density at radius 2 is 2.09 bits per heavy atom. The van der Waals surface area contributed by atoms with Gasteiger partial charge < -0.3 is 10.2 Å². The molecule has 2 N–H and O–H groups in total. The van der Waals surface area contributed by atoms with Crippen molar-refractivity contribution in [2.75, 3.05) is 11.9 Å². The summed E-state index contributed by atoms with van der Waals surface area (Å²) in [5.41, 5.74) is 2.44. The summed E-state index contributed by atoms with van der Waals surface area (Å²) in [5.74, 6) is -1.26. The van der Waals surface area contributed by atoms with E-state index < -0.39 is 11.8 Å². The second kappa shape index (κ2) is 5.69. The van der Waals surface area contributed by atoms with Crippen LogP contribution in [0.5, 0.6) is 0 Å². The molecular formula is C15H13N5O2. The highest BCUT2D eigenvalue weighted by atomic mass is 16.2. The predicted octanol–water partition coefficient (Wildman–Crippen LogP) is 0.805. The van der Waals surface area contributed by atoms with Crippen molar-refractivity contribution in [3.8, 4) is 6.07 Å². The highest BCUT2D eigenvalue weighted by Crippen LogP contribution is 2.19. The van der Waals surface area contributed by atoms with Crippen molar-refractivity contribution in [1.82, 2.24) is 15.1 Å². The average molecular weight is 295 g/mol. The highest BCUT2D eigenvalue weighted by molar-refractivity contribution is 6.39. The van der Waals surface area contributed by atoms with Gasteiger partial charge in [0.05, 0.1) is 6.20 Å². The number of aromatic nitrogens is 2. The molecule has 0 saturated heterocycles. The summed E-state index contributed by atoms with van der Waals surface area (Å²) >= 11 is 0. The molecule has 0 bridgehead atoms. The van der Waals surface area contributed by atoms with E-state index in [1.54, 1.807) is 0 Å². The molecule has 0 aliphatic carbocycles.